The first-order valence-corrected chi connectivity index (χ1v) is 8.07. The number of ether oxygens (including phenoxy) is 2. The van der Waals surface area contributed by atoms with E-state index in [9.17, 15) is 4.39 Å². The molecule has 1 saturated carbocycles. The van der Waals surface area contributed by atoms with E-state index in [0.29, 0.717) is 12.5 Å². The van der Waals surface area contributed by atoms with Crippen molar-refractivity contribution in [1.29, 1.82) is 0 Å². The van der Waals surface area contributed by atoms with Crippen LogP contribution in [0, 0.1) is 11.7 Å². The van der Waals surface area contributed by atoms with Gasteiger partial charge in [-0.25, -0.2) is 4.39 Å². The van der Waals surface area contributed by atoms with Crippen LogP contribution in [0.2, 0.25) is 0 Å². The molecule has 5 nitrogen and oxygen atoms in total. The van der Waals surface area contributed by atoms with Gasteiger partial charge >= 0.3 is 0 Å². The van der Waals surface area contributed by atoms with Gasteiger partial charge in [0.15, 0.2) is 17.5 Å². The number of nitrogens with one attached hydrogen (secondary N) is 2. The number of hydrogen-bond acceptors (Lipinski definition) is 3. The third-order valence-corrected chi connectivity index (χ3v) is 3.71. The lowest BCUT2D eigenvalue weighted by Crippen LogP contribution is -2.37. The maximum absolute atomic E-state index is 13.6. The number of hydrogen-bond donors (Lipinski definition) is 2. The summed E-state index contributed by atoms with van der Waals surface area (Å²) >= 11 is 0. The summed E-state index contributed by atoms with van der Waals surface area (Å²) in [6.07, 6.45) is 3.58. The van der Waals surface area contributed by atoms with Gasteiger partial charge in [-0.05, 0) is 42.9 Å². The summed E-state index contributed by atoms with van der Waals surface area (Å²) in [6, 6.07) is 4.92. The molecular formula is C17H27FIN3O2. The van der Waals surface area contributed by atoms with Crippen molar-refractivity contribution < 1.29 is 13.9 Å². The highest BCUT2D eigenvalue weighted by Crippen LogP contribution is 2.28. The summed E-state index contributed by atoms with van der Waals surface area (Å²) in [5.41, 5.74) is 0.832. The van der Waals surface area contributed by atoms with E-state index in [2.05, 4.69) is 15.6 Å². The van der Waals surface area contributed by atoms with Crippen molar-refractivity contribution in [2.45, 2.75) is 25.8 Å². The molecule has 0 radical (unpaired) electrons. The smallest absolute Gasteiger partial charge is 0.191 e. The van der Waals surface area contributed by atoms with E-state index in [4.69, 9.17) is 9.47 Å². The molecule has 1 aliphatic carbocycles. The summed E-state index contributed by atoms with van der Waals surface area (Å²) in [4.78, 5) is 4.15. The lowest BCUT2D eigenvalue weighted by molar-refractivity contribution is 0.123. The van der Waals surface area contributed by atoms with Gasteiger partial charge in [0.1, 0.15) is 0 Å². The van der Waals surface area contributed by atoms with E-state index in [1.165, 1.54) is 26.0 Å². The van der Waals surface area contributed by atoms with Gasteiger partial charge in [-0.1, -0.05) is 6.07 Å². The molecule has 2 rings (SSSR count). The zero-order valence-corrected chi connectivity index (χ0v) is 16.6. The first kappa shape index (κ1) is 21.0. The third kappa shape index (κ3) is 7.65. The molecule has 0 unspecified atom stereocenters. The van der Waals surface area contributed by atoms with Gasteiger partial charge in [0, 0.05) is 33.4 Å². The Morgan fingerprint density at radius 3 is 2.75 bits per heavy atom. The Morgan fingerprint density at radius 2 is 2.12 bits per heavy atom. The molecule has 0 aromatic heterocycles. The highest BCUT2D eigenvalue weighted by molar-refractivity contribution is 14.0. The topological polar surface area (TPSA) is 54.9 Å². The fraction of sp³-hybridized carbons (Fsp3) is 0.588. The molecule has 2 N–H and O–H groups in total. The second kappa shape index (κ2) is 11.5. The number of halogens is 2. The first-order chi connectivity index (χ1) is 11.2. The standard InChI is InChI=1S/C17H26FN3O2.HI/c1-19-17(20-8-3-9-23-12-13-4-5-13)21-11-14-6-7-16(22-2)15(18)10-14;/h6-7,10,13H,3-5,8-9,11-12H2,1-2H3,(H2,19,20,21);1H. The largest absolute Gasteiger partial charge is 0.494 e. The predicted molar refractivity (Wildman–Crippen MR) is 105 cm³/mol. The van der Waals surface area contributed by atoms with Crippen molar-refractivity contribution in [2.24, 2.45) is 10.9 Å². The third-order valence-electron chi connectivity index (χ3n) is 3.71. The van der Waals surface area contributed by atoms with Crippen molar-refractivity contribution in [3.8, 4) is 5.75 Å². The minimum Gasteiger partial charge on any atom is -0.494 e. The summed E-state index contributed by atoms with van der Waals surface area (Å²) in [6.45, 7) is 2.96. The molecule has 0 aliphatic heterocycles. The quantitative estimate of drug-likeness (QED) is 0.263. The van der Waals surface area contributed by atoms with Gasteiger partial charge in [0.25, 0.3) is 0 Å². The molecule has 136 valence electrons. The Bertz CT molecular complexity index is 525. The number of aliphatic imine (C=N–C) groups is 1. The average Bonchev–Trinajstić information content (AvgIpc) is 3.38. The molecule has 0 atom stereocenters. The van der Waals surface area contributed by atoms with Crippen LogP contribution in [0.1, 0.15) is 24.8 Å². The Morgan fingerprint density at radius 1 is 1.33 bits per heavy atom. The van der Waals surface area contributed by atoms with Crippen molar-refractivity contribution in [1.82, 2.24) is 10.6 Å². The minimum atomic E-state index is -0.359. The minimum absolute atomic E-state index is 0. The molecule has 1 fully saturated rings. The van der Waals surface area contributed by atoms with Crippen molar-refractivity contribution in [3.05, 3.63) is 29.6 Å². The van der Waals surface area contributed by atoms with E-state index in [1.807, 2.05) is 6.07 Å². The number of nitrogens with zero attached hydrogens (tertiary/aromatic N) is 1. The lowest BCUT2D eigenvalue weighted by Gasteiger charge is -2.12. The van der Waals surface area contributed by atoms with Gasteiger partial charge in [-0.15, -0.1) is 24.0 Å². The first-order valence-electron chi connectivity index (χ1n) is 8.07. The normalized spacial score (nSPS) is 14.0. The van der Waals surface area contributed by atoms with Gasteiger partial charge in [-0.2, -0.15) is 0 Å². The monoisotopic (exact) mass is 451 g/mol. The Hall–Kier alpha value is -1.09. The second-order valence-electron chi connectivity index (χ2n) is 5.69. The molecule has 0 amide bonds. The van der Waals surface area contributed by atoms with E-state index in [0.717, 1.165) is 37.7 Å². The van der Waals surface area contributed by atoms with Crippen molar-refractivity contribution >= 4 is 29.9 Å². The van der Waals surface area contributed by atoms with E-state index in [-0.39, 0.29) is 35.5 Å². The molecular weight excluding hydrogens is 424 g/mol. The lowest BCUT2D eigenvalue weighted by atomic mass is 10.2. The van der Waals surface area contributed by atoms with Gasteiger partial charge in [0.2, 0.25) is 0 Å². The van der Waals surface area contributed by atoms with Crippen LogP contribution in [0.4, 0.5) is 4.39 Å². The van der Waals surface area contributed by atoms with Gasteiger partial charge in [-0.3, -0.25) is 4.99 Å². The van der Waals surface area contributed by atoms with Gasteiger partial charge < -0.3 is 20.1 Å². The highest BCUT2D eigenvalue weighted by atomic mass is 127. The van der Waals surface area contributed by atoms with Crippen LogP contribution in [0.25, 0.3) is 0 Å². The summed E-state index contributed by atoms with van der Waals surface area (Å²) < 4.78 is 24.1. The number of rotatable bonds is 9. The van der Waals surface area contributed by atoms with Crippen molar-refractivity contribution in [2.75, 3.05) is 33.9 Å². The number of guanidine groups is 1. The summed E-state index contributed by atoms with van der Waals surface area (Å²) in [5, 5.41) is 6.38. The molecule has 0 spiro atoms. The SMILES string of the molecule is CN=C(NCCCOCC1CC1)NCc1ccc(OC)c(F)c1.I. The van der Waals surface area contributed by atoms with Crippen LogP contribution in [0.15, 0.2) is 23.2 Å². The maximum Gasteiger partial charge on any atom is 0.191 e. The van der Waals surface area contributed by atoms with Crippen LogP contribution in [-0.4, -0.2) is 39.9 Å². The Balaban J connectivity index is 0.00000288. The summed E-state index contributed by atoms with van der Waals surface area (Å²) in [5.74, 6) is 1.40. The van der Waals surface area contributed by atoms with Gasteiger partial charge in [0.05, 0.1) is 7.11 Å². The van der Waals surface area contributed by atoms with Crippen LogP contribution >= 0.6 is 24.0 Å². The maximum atomic E-state index is 13.6. The van der Waals surface area contributed by atoms with E-state index in [1.54, 1.807) is 13.1 Å². The van der Waals surface area contributed by atoms with Crippen molar-refractivity contribution in [3.63, 3.8) is 0 Å². The highest BCUT2D eigenvalue weighted by Gasteiger charge is 2.20. The molecule has 7 heteroatoms. The molecule has 0 bridgehead atoms. The van der Waals surface area contributed by atoms with E-state index < -0.39 is 0 Å². The predicted octanol–water partition coefficient (Wildman–Crippen LogP) is 2.93. The fourth-order valence-electron chi connectivity index (χ4n) is 2.14. The molecule has 1 aliphatic rings. The van der Waals surface area contributed by atoms with Crippen LogP contribution in [0.3, 0.4) is 0 Å². The van der Waals surface area contributed by atoms with E-state index >= 15 is 0 Å². The Labute approximate surface area is 160 Å². The van der Waals surface area contributed by atoms with Crippen LogP contribution in [-0.2, 0) is 11.3 Å². The van der Waals surface area contributed by atoms with Crippen LogP contribution < -0.4 is 15.4 Å². The van der Waals surface area contributed by atoms with Crippen LogP contribution in [0.5, 0.6) is 5.75 Å². The Kier molecular flexibility index (Phi) is 10.0. The number of methoxy groups -OCH3 is 1. The average molecular weight is 451 g/mol. The molecule has 0 heterocycles. The summed E-state index contributed by atoms with van der Waals surface area (Å²) in [7, 11) is 3.17. The zero-order chi connectivity index (χ0) is 16.5. The molecule has 0 saturated heterocycles. The molecule has 1 aromatic rings. The number of benzene rings is 1. The fourth-order valence-corrected chi connectivity index (χ4v) is 2.14. The second-order valence-corrected chi connectivity index (χ2v) is 5.69. The molecule has 1 aromatic carbocycles. The zero-order valence-electron chi connectivity index (χ0n) is 14.3. The molecule has 24 heavy (non-hydrogen) atoms.